The Balaban J connectivity index is 2.62. The zero-order chi connectivity index (χ0) is 13.1. The number of aryl methyl sites for hydroxylation is 2. The Morgan fingerprint density at radius 1 is 0.944 bits per heavy atom. The van der Waals surface area contributed by atoms with Crippen LogP contribution in [0.1, 0.15) is 11.3 Å². The van der Waals surface area contributed by atoms with E-state index in [1.54, 1.807) is 14.2 Å². The maximum Gasteiger partial charge on any atom is 0.170 e. The van der Waals surface area contributed by atoms with Crippen LogP contribution in [0.4, 0.5) is 0 Å². The minimum Gasteiger partial charge on any atom is -0.493 e. The van der Waals surface area contributed by atoms with Crippen LogP contribution in [0.25, 0.3) is 11.3 Å². The molecule has 0 aliphatic rings. The van der Waals surface area contributed by atoms with Crippen LogP contribution in [-0.2, 0) is 0 Å². The smallest absolute Gasteiger partial charge is 0.170 e. The first kappa shape index (κ1) is 12.4. The van der Waals surface area contributed by atoms with Crippen molar-refractivity contribution in [3.63, 3.8) is 0 Å². The fourth-order valence-electron chi connectivity index (χ4n) is 1.83. The van der Waals surface area contributed by atoms with Crippen molar-refractivity contribution < 1.29 is 9.47 Å². The van der Waals surface area contributed by atoms with Crippen LogP contribution in [0.5, 0.6) is 11.5 Å². The molecule has 18 heavy (non-hydrogen) atoms. The lowest BCUT2D eigenvalue weighted by Crippen LogP contribution is -1.97. The predicted octanol–water partition coefficient (Wildman–Crippen LogP) is 2.78. The Morgan fingerprint density at radius 3 is 2.28 bits per heavy atom. The second kappa shape index (κ2) is 5.04. The van der Waals surface area contributed by atoms with Gasteiger partial charge in [0.25, 0.3) is 0 Å². The van der Waals surface area contributed by atoms with Crippen molar-refractivity contribution in [2.24, 2.45) is 0 Å². The van der Waals surface area contributed by atoms with E-state index in [1.807, 2.05) is 38.1 Å². The van der Waals surface area contributed by atoms with E-state index < -0.39 is 0 Å². The van der Waals surface area contributed by atoms with E-state index >= 15 is 0 Å². The molecule has 0 amide bonds. The van der Waals surface area contributed by atoms with E-state index in [9.17, 15) is 0 Å². The number of nitrogens with zero attached hydrogens (tertiary/aromatic N) is 2. The van der Waals surface area contributed by atoms with Gasteiger partial charge < -0.3 is 9.47 Å². The van der Waals surface area contributed by atoms with Crippen molar-refractivity contribution in [1.82, 2.24) is 10.2 Å². The van der Waals surface area contributed by atoms with Gasteiger partial charge in [0.15, 0.2) is 11.5 Å². The standard InChI is InChI=1S/C14H16N2O2/c1-9-7-11(12-6-5-10(2)15-16-12)14(18-4)13(8-9)17-3/h5-8H,1-4H3. The molecule has 0 radical (unpaired) electrons. The van der Waals surface area contributed by atoms with Gasteiger partial charge in [-0.05, 0) is 43.7 Å². The van der Waals surface area contributed by atoms with Crippen LogP contribution in [0.3, 0.4) is 0 Å². The summed E-state index contributed by atoms with van der Waals surface area (Å²) in [7, 11) is 3.25. The Hall–Kier alpha value is -2.10. The summed E-state index contributed by atoms with van der Waals surface area (Å²) in [5, 5.41) is 8.26. The molecule has 0 N–H and O–H groups in total. The zero-order valence-electron chi connectivity index (χ0n) is 11.0. The summed E-state index contributed by atoms with van der Waals surface area (Å²) in [6.07, 6.45) is 0. The molecular formula is C14H16N2O2. The van der Waals surface area contributed by atoms with Gasteiger partial charge in [0.1, 0.15) is 0 Å². The molecule has 1 aromatic heterocycles. The molecule has 0 saturated heterocycles. The average Bonchev–Trinajstić information content (AvgIpc) is 2.38. The van der Waals surface area contributed by atoms with Crippen LogP contribution in [-0.4, -0.2) is 24.4 Å². The summed E-state index contributed by atoms with van der Waals surface area (Å²) >= 11 is 0. The first-order valence-electron chi connectivity index (χ1n) is 5.69. The van der Waals surface area contributed by atoms with Crippen molar-refractivity contribution in [3.05, 3.63) is 35.5 Å². The Morgan fingerprint density at radius 2 is 1.72 bits per heavy atom. The summed E-state index contributed by atoms with van der Waals surface area (Å²) in [6.45, 7) is 3.91. The summed E-state index contributed by atoms with van der Waals surface area (Å²) in [5.74, 6) is 1.39. The van der Waals surface area contributed by atoms with Crippen molar-refractivity contribution >= 4 is 0 Å². The molecule has 0 fully saturated rings. The first-order chi connectivity index (χ1) is 8.65. The normalized spacial score (nSPS) is 10.2. The lowest BCUT2D eigenvalue weighted by molar-refractivity contribution is 0.356. The van der Waals surface area contributed by atoms with Gasteiger partial charge in [-0.15, -0.1) is 0 Å². The van der Waals surface area contributed by atoms with Gasteiger partial charge in [-0.25, -0.2) is 0 Å². The summed E-state index contributed by atoms with van der Waals surface area (Å²) in [5.41, 5.74) is 3.64. The lowest BCUT2D eigenvalue weighted by Gasteiger charge is -2.13. The van der Waals surface area contributed by atoms with Crippen molar-refractivity contribution in [2.75, 3.05) is 14.2 Å². The van der Waals surface area contributed by atoms with Crippen LogP contribution >= 0.6 is 0 Å². The maximum atomic E-state index is 5.41. The van der Waals surface area contributed by atoms with Gasteiger partial charge in [0, 0.05) is 5.56 Å². The van der Waals surface area contributed by atoms with Gasteiger partial charge in [-0.1, -0.05) is 0 Å². The molecule has 0 bridgehead atoms. The fourth-order valence-corrected chi connectivity index (χ4v) is 1.83. The number of hydrogen-bond acceptors (Lipinski definition) is 4. The first-order valence-corrected chi connectivity index (χ1v) is 5.69. The van der Waals surface area contributed by atoms with Crippen molar-refractivity contribution in [2.45, 2.75) is 13.8 Å². The number of benzene rings is 1. The Labute approximate surface area is 107 Å². The van der Waals surface area contributed by atoms with Gasteiger partial charge in [0.2, 0.25) is 0 Å². The highest BCUT2D eigenvalue weighted by Crippen LogP contribution is 2.38. The predicted molar refractivity (Wildman–Crippen MR) is 70.0 cm³/mol. The largest absolute Gasteiger partial charge is 0.493 e. The van der Waals surface area contributed by atoms with Crippen molar-refractivity contribution in [1.29, 1.82) is 0 Å². The Bertz CT molecular complexity index is 550. The highest BCUT2D eigenvalue weighted by molar-refractivity contribution is 5.72. The minimum absolute atomic E-state index is 0.682. The molecule has 0 saturated carbocycles. The molecule has 1 heterocycles. The SMILES string of the molecule is COc1cc(C)cc(-c2ccc(C)nn2)c1OC. The monoisotopic (exact) mass is 244 g/mol. The molecule has 4 nitrogen and oxygen atoms in total. The summed E-state index contributed by atoms with van der Waals surface area (Å²) in [4.78, 5) is 0. The number of rotatable bonds is 3. The fraction of sp³-hybridized carbons (Fsp3) is 0.286. The number of aromatic nitrogens is 2. The molecule has 0 atom stereocenters. The molecule has 0 aliphatic heterocycles. The lowest BCUT2D eigenvalue weighted by atomic mass is 10.1. The van der Waals surface area contributed by atoms with Gasteiger partial charge in [-0.3, -0.25) is 0 Å². The third kappa shape index (κ3) is 2.27. The third-order valence-electron chi connectivity index (χ3n) is 2.70. The number of ether oxygens (including phenoxy) is 2. The molecule has 0 unspecified atom stereocenters. The molecule has 2 rings (SSSR count). The second-order valence-electron chi connectivity index (χ2n) is 4.11. The van der Waals surface area contributed by atoms with Crippen LogP contribution in [0.15, 0.2) is 24.3 Å². The topological polar surface area (TPSA) is 44.2 Å². The van der Waals surface area contributed by atoms with E-state index in [-0.39, 0.29) is 0 Å². The molecular weight excluding hydrogens is 228 g/mol. The van der Waals surface area contributed by atoms with E-state index in [1.165, 1.54) is 0 Å². The zero-order valence-corrected chi connectivity index (χ0v) is 11.0. The highest BCUT2D eigenvalue weighted by Gasteiger charge is 2.14. The van der Waals surface area contributed by atoms with E-state index in [2.05, 4.69) is 10.2 Å². The van der Waals surface area contributed by atoms with E-state index in [0.717, 1.165) is 22.5 Å². The maximum absolute atomic E-state index is 5.41. The van der Waals surface area contributed by atoms with Gasteiger partial charge in [0.05, 0.1) is 25.6 Å². The average molecular weight is 244 g/mol. The van der Waals surface area contributed by atoms with Gasteiger partial charge >= 0.3 is 0 Å². The minimum atomic E-state index is 0.682. The molecule has 94 valence electrons. The van der Waals surface area contributed by atoms with Gasteiger partial charge in [-0.2, -0.15) is 10.2 Å². The molecule has 0 spiro atoms. The molecule has 2 aromatic rings. The van der Waals surface area contributed by atoms with Crippen LogP contribution < -0.4 is 9.47 Å². The molecule has 4 heteroatoms. The quantitative estimate of drug-likeness (QED) is 0.832. The van der Waals surface area contributed by atoms with E-state index in [0.29, 0.717) is 11.5 Å². The van der Waals surface area contributed by atoms with Crippen molar-refractivity contribution in [3.8, 4) is 22.8 Å². The number of methoxy groups -OCH3 is 2. The van der Waals surface area contributed by atoms with Crippen LogP contribution in [0, 0.1) is 13.8 Å². The number of hydrogen-bond donors (Lipinski definition) is 0. The molecule has 1 aromatic carbocycles. The highest BCUT2D eigenvalue weighted by atomic mass is 16.5. The second-order valence-corrected chi connectivity index (χ2v) is 4.11. The molecule has 0 aliphatic carbocycles. The third-order valence-corrected chi connectivity index (χ3v) is 2.70. The summed E-state index contributed by atoms with van der Waals surface area (Å²) in [6, 6.07) is 7.81. The van der Waals surface area contributed by atoms with E-state index in [4.69, 9.17) is 9.47 Å². The summed E-state index contributed by atoms with van der Waals surface area (Å²) < 4.78 is 10.7. The van der Waals surface area contributed by atoms with Crippen LogP contribution in [0.2, 0.25) is 0 Å². The Kier molecular flexibility index (Phi) is 3.46.